The van der Waals surface area contributed by atoms with Gasteiger partial charge in [-0.25, -0.2) is 0 Å². The van der Waals surface area contributed by atoms with Crippen LogP contribution in [0.1, 0.15) is 36.8 Å². The maximum absolute atomic E-state index is 12.8. The summed E-state index contributed by atoms with van der Waals surface area (Å²) in [6, 6.07) is 14.5. The average Bonchev–Trinajstić information content (AvgIpc) is 3.06. The molecular weight excluding hydrogens is 356 g/mol. The molecule has 1 saturated heterocycles. The number of rotatable bonds is 4. The van der Waals surface area contributed by atoms with Crippen LogP contribution < -0.4 is 16.0 Å². The number of amides is 2. The highest BCUT2D eigenvalue weighted by Crippen LogP contribution is 2.30. The Hall–Kier alpha value is -3.21. The smallest absolute Gasteiger partial charge is 0.257 e. The summed E-state index contributed by atoms with van der Waals surface area (Å²) >= 11 is 0. The summed E-state index contributed by atoms with van der Waals surface area (Å²) < 4.78 is 6.00. The highest BCUT2D eigenvalue weighted by molar-refractivity contribution is 5.97. The van der Waals surface area contributed by atoms with Crippen LogP contribution in [-0.2, 0) is 14.3 Å². The number of hydrogen-bond acceptors (Lipinski definition) is 5. The molecule has 0 aromatic heterocycles. The van der Waals surface area contributed by atoms with Crippen LogP contribution in [0.3, 0.4) is 0 Å². The summed E-state index contributed by atoms with van der Waals surface area (Å²) in [4.78, 5) is 23.9. The van der Waals surface area contributed by atoms with Crippen molar-refractivity contribution >= 4 is 23.2 Å². The molecule has 7 nitrogen and oxygen atoms in total. The number of nitrogens with zero attached hydrogens (tertiary/aromatic N) is 1. The molecule has 1 aliphatic heterocycles. The predicted molar refractivity (Wildman–Crippen MR) is 106 cm³/mol. The van der Waals surface area contributed by atoms with E-state index in [1.54, 1.807) is 37.3 Å². The van der Waals surface area contributed by atoms with Crippen molar-refractivity contribution in [2.75, 3.05) is 17.2 Å². The summed E-state index contributed by atoms with van der Waals surface area (Å²) in [6.45, 7) is 5.36. The number of ether oxygens (including phenoxy) is 1. The van der Waals surface area contributed by atoms with Crippen LogP contribution in [-0.4, -0.2) is 24.0 Å². The van der Waals surface area contributed by atoms with Crippen LogP contribution in [0.5, 0.6) is 0 Å². The third kappa shape index (κ3) is 4.19. The van der Waals surface area contributed by atoms with Crippen LogP contribution in [0, 0.1) is 18.3 Å². The second-order valence-corrected chi connectivity index (χ2v) is 7.01. The van der Waals surface area contributed by atoms with Crippen molar-refractivity contribution in [3.05, 3.63) is 59.2 Å². The Labute approximate surface area is 163 Å². The van der Waals surface area contributed by atoms with Crippen molar-refractivity contribution in [2.45, 2.75) is 32.6 Å². The maximum atomic E-state index is 12.8. The van der Waals surface area contributed by atoms with Crippen LogP contribution in [0.2, 0.25) is 0 Å². The normalized spacial score (nSPS) is 21.0. The summed E-state index contributed by atoms with van der Waals surface area (Å²) in [5.74, 6) is -0.397. The Morgan fingerprint density at radius 2 is 1.86 bits per heavy atom. The van der Waals surface area contributed by atoms with Crippen molar-refractivity contribution in [3.8, 4) is 6.07 Å². The molecule has 0 radical (unpaired) electrons. The maximum Gasteiger partial charge on any atom is 0.257 e. The van der Waals surface area contributed by atoms with Gasteiger partial charge >= 0.3 is 0 Å². The van der Waals surface area contributed by atoms with Gasteiger partial charge in [-0.3, -0.25) is 14.9 Å². The molecular formula is C21H22N4O3. The molecule has 2 amide bonds. The first-order valence-electron chi connectivity index (χ1n) is 8.92. The van der Waals surface area contributed by atoms with Crippen molar-refractivity contribution in [2.24, 2.45) is 0 Å². The molecule has 2 aromatic carbocycles. The quantitative estimate of drug-likeness (QED) is 0.759. The van der Waals surface area contributed by atoms with Gasteiger partial charge in [0.15, 0.2) is 5.60 Å². The molecule has 0 spiro atoms. The van der Waals surface area contributed by atoms with E-state index in [2.05, 4.69) is 22.0 Å². The number of benzene rings is 2. The van der Waals surface area contributed by atoms with Gasteiger partial charge in [-0.05, 0) is 55.3 Å². The van der Waals surface area contributed by atoms with E-state index in [4.69, 9.17) is 10.00 Å². The van der Waals surface area contributed by atoms with Gasteiger partial charge in [0.1, 0.15) is 6.23 Å². The number of hydrogen-bond donors (Lipinski definition) is 3. The summed E-state index contributed by atoms with van der Waals surface area (Å²) in [7, 11) is 0. The van der Waals surface area contributed by atoms with E-state index in [1.165, 1.54) is 6.92 Å². The lowest BCUT2D eigenvalue weighted by atomic mass is 10.1. The van der Waals surface area contributed by atoms with Gasteiger partial charge in [0.2, 0.25) is 5.91 Å². The van der Waals surface area contributed by atoms with Crippen LogP contribution >= 0.6 is 0 Å². The Balaban J connectivity index is 1.67. The van der Waals surface area contributed by atoms with Gasteiger partial charge in [0.05, 0.1) is 11.6 Å². The molecule has 144 valence electrons. The molecule has 3 N–H and O–H groups in total. The molecule has 1 fully saturated rings. The monoisotopic (exact) mass is 378 g/mol. The Morgan fingerprint density at radius 3 is 2.46 bits per heavy atom. The molecule has 0 bridgehead atoms. The molecule has 2 atom stereocenters. The van der Waals surface area contributed by atoms with Gasteiger partial charge in [0, 0.05) is 24.8 Å². The summed E-state index contributed by atoms with van der Waals surface area (Å²) in [5, 5.41) is 17.8. The number of carbonyl (C=O) groups is 2. The molecule has 7 heteroatoms. The topological polar surface area (TPSA) is 103 Å². The molecule has 0 aliphatic carbocycles. The Kier molecular flexibility index (Phi) is 5.45. The van der Waals surface area contributed by atoms with E-state index < -0.39 is 11.8 Å². The van der Waals surface area contributed by atoms with E-state index in [1.807, 2.05) is 19.1 Å². The Morgan fingerprint density at radius 1 is 1.18 bits per heavy atom. The fraction of sp³-hybridized carbons (Fsp3) is 0.286. The zero-order valence-corrected chi connectivity index (χ0v) is 16.0. The molecule has 1 heterocycles. The SMILES string of the molecule is CC(=O)Nc1ccc(C2NCC(C)(C(=O)Nc3ccc(C#N)c(C)c3)O2)cc1. The van der Waals surface area contributed by atoms with Crippen LogP contribution in [0.4, 0.5) is 11.4 Å². The molecule has 2 unspecified atom stereocenters. The average molecular weight is 378 g/mol. The first-order valence-corrected chi connectivity index (χ1v) is 8.92. The lowest BCUT2D eigenvalue weighted by Crippen LogP contribution is -2.43. The minimum atomic E-state index is -1.04. The van der Waals surface area contributed by atoms with Crippen molar-refractivity contribution < 1.29 is 14.3 Å². The van der Waals surface area contributed by atoms with E-state index in [0.717, 1.165) is 11.1 Å². The number of anilines is 2. The van der Waals surface area contributed by atoms with Gasteiger partial charge in [0.25, 0.3) is 5.91 Å². The standard InChI is InChI=1S/C21H22N4O3/c1-13-10-18(9-6-16(13)11-22)25-20(27)21(3)12-23-19(28-21)15-4-7-17(8-5-15)24-14(2)26/h4-10,19,23H,12H2,1-3H3,(H,24,26)(H,25,27). The minimum Gasteiger partial charge on any atom is -0.342 e. The van der Waals surface area contributed by atoms with Crippen molar-refractivity contribution in [1.29, 1.82) is 5.26 Å². The lowest BCUT2D eigenvalue weighted by molar-refractivity contribution is -0.137. The van der Waals surface area contributed by atoms with Crippen molar-refractivity contribution in [3.63, 3.8) is 0 Å². The predicted octanol–water partition coefficient (Wildman–Crippen LogP) is 2.84. The first kappa shape index (κ1) is 19.5. The lowest BCUT2D eigenvalue weighted by Gasteiger charge is -2.23. The van der Waals surface area contributed by atoms with Gasteiger partial charge in [-0.15, -0.1) is 0 Å². The summed E-state index contributed by atoms with van der Waals surface area (Å²) in [5.41, 5.74) is 2.52. The van der Waals surface area contributed by atoms with E-state index >= 15 is 0 Å². The minimum absolute atomic E-state index is 0.134. The first-order chi connectivity index (χ1) is 13.3. The second kappa shape index (κ2) is 7.80. The summed E-state index contributed by atoms with van der Waals surface area (Å²) in [6.07, 6.45) is -0.426. The number of carbonyl (C=O) groups excluding carboxylic acids is 2. The van der Waals surface area contributed by atoms with E-state index in [-0.39, 0.29) is 11.8 Å². The zero-order chi connectivity index (χ0) is 20.3. The largest absolute Gasteiger partial charge is 0.342 e. The highest BCUT2D eigenvalue weighted by Gasteiger charge is 2.42. The molecule has 0 saturated carbocycles. The molecule has 2 aromatic rings. The van der Waals surface area contributed by atoms with Crippen LogP contribution in [0.15, 0.2) is 42.5 Å². The Bertz CT molecular complexity index is 949. The second-order valence-electron chi connectivity index (χ2n) is 7.01. The molecule has 28 heavy (non-hydrogen) atoms. The zero-order valence-electron chi connectivity index (χ0n) is 16.0. The fourth-order valence-electron chi connectivity index (χ4n) is 3.03. The third-order valence-electron chi connectivity index (χ3n) is 4.62. The van der Waals surface area contributed by atoms with Gasteiger partial charge < -0.3 is 15.4 Å². The number of nitriles is 1. The molecule has 1 aliphatic rings. The number of nitrogens with one attached hydrogen (secondary N) is 3. The third-order valence-corrected chi connectivity index (χ3v) is 4.62. The van der Waals surface area contributed by atoms with Crippen molar-refractivity contribution in [1.82, 2.24) is 5.32 Å². The van der Waals surface area contributed by atoms with Gasteiger partial charge in [-0.2, -0.15) is 5.26 Å². The van der Waals surface area contributed by atoms with E-state index in [0.29, 0.717) is 23.5 Å². The molecule has 3 rings (SSSR count). The number of aryl methyl sites for hydroxylation is 1. The van der Waals surface area contributed by atoms with E-state index in [9.17, 15) is 9.59 Å². The fourth-order valence-corrected chi connectivity index (χ4v) is 3.03. The van der Waals surface area contributed by atoms with Crippen LogP contribution in [0.25, 0.3) is 0 Å². The highest BCUT2D eigenvalue weighted by atomic mass is 16.5. The van der Waals surface area contributed by atoms with Gasteiger partial charge in [-0.1, -0.05) is 12.1 Å².